The van der Waals surface area contributed by atoms with Gasteiger partial charge in [0.1, 0.15) is 5.82 Å². The first-order valence-corrected chi connectivity index (χ1v) is 13.1. The molecule has 5 fully saturated rings. The molecule has 190 valence electrons. The molecule has 6 nitrogen and oxygen atoms in total. The SMILES string of the molecule is Cc1ccc2c(C34CC(C3)C(C(F)(F)F)C4)nc([C@@H]3C[C@@H](c4cnn(C5CC5)c4)O[C@@H](C)C3)nc2n1. The normalized spacial score (nSPS) is 34.2. The molecule has 4 heterocycles. The number of fused-ring (bicyclic) bond motifs is 2. The summed E-state index contributed by atoms with van der Waals surface area (Å²) < 4.78 is 49.4. The summed E-state index contributed by atoms with van der Waals surface area (Å²) >= 11 is 0. The van der Waals surface area contributed by atoms with Crippen LogP contribution in [0.25, 0.3) is 11.0 Å². The number of halogens is 3. The van der Waals surface area contributed by atoms with E-state index in [9.17, 15) is 13.2 Å². The molecule has 8 rings (SSSR count). The van der Waals surface area contributed by atoms with Gasteiger partial charge in [0.05, 0.1) is 36.1 Å². The lowest BCUT2D eigenvalue weighted by Crippen LogP contribution is -2.35. The van der Waals surface area contributed by atoms with Gasteiger partial charge >= 0.3 is 6.18 Å². The number of pyridine rings is 1. The first kappa shape index (κ1) is 22.6. The van der Waals surface area contributed by atoms with Crippen molar-refractivity contribution in [3.05, 3.63) is 47.3 Å². The number of rotatable bonds is 4. The molecule has 3 aromatic heterocycles. The van der Waals surface area contributed by atoms with Gasteiger partial charge in [0.2, 0.25) is 0 Å². The van der Waals surface area contributed by atoms with Crippen molar-refractivity contribution in [1.82, 2.24) is 24.7 Å². The van der Waals surface area contributed by atoms with Crippen LogP contribution in [0.4, 0.5) is 13.2 Å². The first-order chi connectivity index (χ1) is 17.2. The maximum absolute atomic E-state index is 13.7. The van der Waals surface area contributed by atoms with E-state index in [-0.39, 0.29) is 30.5 Å². The third-order valence-electron chi connectivity index (χ3n) is 8.92. The molecule has 1 unspecified atom stereocenters. The summed E-state index contributed by atoms with van der Waals surface area (Å²) in [6.45, 7) is 3.98. The van der Waals surface area contributed by atoms with Gasteiger partial charge in [-0.1, -0.05) is 0 Å². The van der Waals surface area contributed by atoms with Crippen molar-refractivity contribution < 1.29 is 17.9 Å². The molecule has 1 saturated heterocycles. The van der Waals surface area contributed by atoms with E-state index in [1.54, 1.807) is 0 Å². The second-order valence-corrected chi connectivity index (χ2v) is 11.6. The zero-order chi connectivity index (χ0) is 24.8. The molecule has 4 saturated carbocycles. The fourth-order valence-corrected chi connectivity index (χ4v) is 6.99. The lowest BCUT2D eigenvalue weighted by atomic mass is 9.66. The van der Waals surface area contributed by atoms with Gasteiger partial charge in [0, 0.05) is 34.2 Å². The number of nitrogens with zero attached hydrogens (tertiary/aromatic N) is 5. The molecule has 0 radical (unpaired) electrons. The minimum Gasteiger partial charge on any atom is -0.370 e. The van der Waals surface area contributed by atoms with E-state index in [4.69, 9.17) is 14.7 Å². The van der Waals surface area contributed by atoms with E-state index in [0.29, 0.717) is 30.4 Å². The van der Waals surface area contributed by atoms with Crippen molar-refractivity contribution in [2.24, 2.45) is 11.8 Å². The lowest BCUT2D eigenvalue weighted by Gasteiger charge is -2.39. The number of aromatic nitrogens is 5. The number of ether oxygens (including phenoxy) is 1. The number of hydrogen-bond donors (Lipinski definition) is 0. The van der Waals surface area contributed by atoms with E-state index in [1.807, 2.05) is 29.9 Å². The average Bonchev–Trinajstić information content (AvgIpc) is 3.24. The van der Waals surface area contributed by atoms with Crippen LogP contribution in [0.15, 0.2) is 24.5 Å². The Kier molecular flexibility index (Phi) is 4.86. The summed E-state index contributed by atoms with van der Waals surface area (Å²) in [7, 11) is 0. The Labute approximate surface area is 207 Å². The van der Waals surface area contributed by atoms with Gasteiger partial charge in [-0.15, -0.1) is 0 Å². The number of aryl methyl sites for hydroxylation is 1. The van der Waals surface area contributed by atoms with Crippen LogP contribution in [0.1, 0.15) is 92.7 Å². The van der Waals surface area contributed by atoms with Crippen LogP contribution in [-0.4, -0.2) is 37.0 Å². The topological polar surface area (TPSA) is 65.7 Å². The lowest BCUT2D eigenvalue weighted by molar-refractivity contribution is -0.180. The van der Waals surface area contributed by atoms with Crippen molar-refractivity contribution in [2.75, 3.05) is 0 Å². The second-order valence-electron chi connectivity index (χ2n) is 11.6. The van der Waals surface area contributed by atoms with Gasteiger partial charge in [-0.05, 0) is 76.8 Å². The fourth-order valence-electron chi connectivity index (χ4n) is 6.99. The summed E-state index contributed by atoms with van der Waals surface area (Å²) in [5, 5.41) is 5.34. The van der Waals surface area contributed by atoms with Crippen molar-refractivity contribution in [3.63, 3.8) is 0 Å². The molecule has 0 aromatic carbocycles. The van der Waals surface area contributed by atoms with Gasteiger partial charge < -0.3 is 4.74 Å². The number of hydrogen-bond acceptors (Lipinski definition) is 5. The predicted molar refractivity (Wildman–Crippen MR) is 126 cm³/mol. The minimum atomic E-state index is -4.16. The third-order valence-corrected chi connectivity index (χ3v) is 8.92. The summed E-state index contributed by atoms with van der Waals surface area (Å²) in [6, 6.07) is 4.36. The van der Waals surface area contributed by atoms with Gasteiger partial charge in [-0.3, -0.25) is 4.68 Å². The van der Waals surface area contributed by atoms with Crippen molar-refractivity contribution >= 4 is 11.0 Å². The smallest absolute Gasteiger partial charge is 0.370 e. The van der Waals surface area contributed by atoms with Crippen LogP contribution in [0, 0.1) is 18.8 Å². The summed E-state index contributed by atoms with van der Waals surface area (Å²) in [5.41, 5.74) is 2.75. The molecule has 3 aromatic rings. The predicted octanol–water partition coefficient (Wildman–Crippen LogP) is 6.12. The summed E-state index contributed by atoms with van der Waals surface area (Å²) in [6.07, 6.45) is 4.79. The Balaban J connectivity index is 1.25. The molecular formula is C27H30F3N5O. The van der Waals surface area contributed by atoms with Gasteiger partial charge in [-0.2, -0.15) is 18.3 Å². The molecule has 36 heavy (non-hydrogen) atoms. The standard InChI is InChI=1S/C27H30F3N5O/c1-14-3-6-20-23(26-9-17(10-26)21(11-26)27(28,29)30)33-24(34-25(20)32-14)16-7-15(2)36-22(8-16)18-12-31-35(13-18)19-4-5-19/h3,6,12-13,15-17,19,21-22H,4-5,7-11H2,1-2H3/t15-,16-,17?,21?,22-,26?/m0/s1. The van der Waals surface area contributed by atoms with Crippen LogP contribution in [0.2, 0.25) is 0 Å². The zero-order valence-electron chi connectivity index (χ0n) is 20.5. The highest BCUT2D eigenvalue weighted by Gasteiger charge is 2.65. The van der Waals surface area contributed by atoms with Crippen LogP contribution >= 0.6 is 0 Å². The average molecular weight is 498 g/mol. The molecular weight excluding hydrogens is 467 g/mol. The van der Waals surface area contributed by atoms with E-state index in [1.165, 1.54) is 12.8 Å². The molecule has 4 aliphatic carbocycles. The largest absolute Gasteiger partial charge is 0.392 e. The molecule has 1 aliphatic heterocycles. The van der Waals surface area contributed by atoms with Crippen molar-refractivity contribution in [1.29, 1.82) is 0 Å². The molecule has 2 bridgehead atoms. The van der Waals surface area contributed by atoms with Crippen LogP contribution in [0.3, 0.4) is 0 Å². The summed E-state index contributed by atoms with van der Waals surface area (Å²) in [5.74, 6) is -0.800. The highest BCUT2D eigenvalue weighted by molar-refractivity contribution is 5.79. The molecule has 0 amide bonds. The van der Waals surface area contributed by atoms with Crippen molar-refractivity contribution in [3.8, 4) is 0 Å². The highest BCUT2D eigenvalue weighted by atomic mass is 19.4. The summed E-state index contributed by atoms with van der Waals surface area (Å²) in [4.78, 5) is 14.7. The quantitative estimate of drug-likeness (QED) is 0.435. The Hall–Kier alpha value is -2.55. The monoisotopic (exact) mass is 497 g/mol. The fraction of sp³-hybridized carbons (Fsp3) is 0.630. The third kappa shape index (κ3) is 3.64. The van der Waals surface area contributed by atoms with E-state index in [0.717, 1.165) is 35.2 Å². The molecule has 0 N–H and O–H groups in total. The van der Waals surface area contributed by atoms with E-state index < -0.39 is 17.5 Å². The number of alkyl halides is 3. The molecule has 9 heteroatoms. The van der Waals surface area contributed by atoms with Crippen LogP contribution in [0.5, 0.6) is 0 Å². The van der Waals surface area contributed by atoms with Crippen LogP contribution in [-0.2, 0) is 10.2 Å². The Morgan fingerprint density at radius 2 is 1.86 bits per heavy atom. The maximum atomic E-state index is 13.7. The maximum Gasteiger partial charge on any atom is 0.392 e. The van der Waals surface area contributed by atoms with Crippen molar-refractivity contribution in [2.45, 2.75) is 94.6 Å². The highest BCUT2D eigenvalue weighted by Crippen LogP contribution is 2.66. The Morgan fingerprint density at radius 3 is 2.58 bits per heavy atom. The Morgan fingerprint density at radius 1 is 1.06 bits per heavy atom. The molecule has 4 atom stereocenters. The molecule has 0 spiro atoms. The minimum absolute atomic E-state index is 0.0126. The van der Waals surface area contributed by atoms with E-state index in [2.05, 4.69) is 23.2 Å². The first-order valence-electron chi connectivity index (χ1n) is 13.1. The van der Waals surface area contributed by atoms with E-state index >= 15 is 0 Å². The Bertz CT molecular complexity index is 1330. The second kappa shape index (κ2) is 7.73. The zero-order valence-corrected chi connectivity index (χ0v) is 20.5. The van der Waals surface area contributed by atoms with Gasteiger partial charge in [0.25, 0.3) is 0 Å². The molecule has 5 aliphatic rings. The van der Waals surface area contributed by atoms with Gasteiger partial charge in [-0.25, -0.2) is 15.0 Å². The van der Waals surface area contributed by atoms with Crippen LogP contribution < -0.4 is 0 Å². The van der Waals surface area contributed by atoms with Gasteiger partial charge in [0.15, 0.2) is 5.65 Å².